The second-order valence-corrected chi connectivity index (χ2v) is 2.68. The van der Waals surface area contributed by atoms with Crippen LogP contribution in [-0.2, 0) is 4.74 Å². The number of benzene rings is 1. The number of hydrogen-bond acceptors (Lipinski definition) is 4. The Labute approximate surface area is 86.2 Å². The highest BCUT2D eigenvalue weighted by atomic mass is 16.5. The lowest BCUT2D eigenvalue weighted by Gasteiger charge is -2.08. The lowest BCUT2D eigenvalue weighted by molar-refractivity contribution is 0.0597. The van der Waals surface area contributed by atoms with Crippen LogP contribution in [0.25, 0.3) is 0 Å². The predicted molar refractivity (Wildman–Crippen MR) is 51.3 cm³/mol. The van der Waals surface area contributed by atoms with Crippen molar-refractivity contribution in [2.45, 2.75) is 0 Å². The standard InChI is InChI=1S/C10H10O5/c1-14-8-6(9(11)12)4-3-5-7(8)10(13)15-2/h3-5H,1-2H3,(H,11,12). The first-order chi connectivity index (χ1) is 7.11. The van der Waals surface area contributed by atoms with E-state index in [9.17, 15) is 9.59 Å². The van der Waals surface area contributed by atoms with Crippen LogP contribution in [0.15, 0.2) is 18.2 Å². The fourth-order valence-electron chi connectivity index (χ4n) is 1.20. The van der Waals surface area contributed by atoms with E-state index in [-0.39, 0.29) is 16.9 Å². The summed E-state index contributed by atoms with van der Waals surface area (Å²) in [7, 11) is 2.52. The van der Waals surface area contributed by atoms with Crippen molar-refractivity contribution in [3.05, 3.63) is 29.3 Å². The molecule has 0 aliphatic carbocycles. The van der Waals surface area contributed by atoms with E-state index in [4.69, 9.17) is 9.84 Å². The first kappa shape index (κ1) is 11.0. The van der Waals surface area contributed by atoms with Gasteiger partial charge in [-0.3, -0.25) is 0 Å². The molecule has 0 unspecified atom stereocenters. The number of carbonyl (C=O) groups is 2. The highest BCUT2D eigenvalue weighted by molar-refractivity contribution is 5.99. The van der Waals surface area contributed by atoms with E-state index in [0.29, 0.717) is 0 Å². The number of aromatic carboxylic acids is 1. The fourth-order valence-corrected chi connectivity index (χ4v) is 1.20. The maximum absolute atomic E-state index is 11.3. The molecule has 0 aliphatic rings. The zero-order valence-corrected chi connectivity index (χ0v) is 8.31. The SMILES string of the molecule is COC(=O)c1cccc(C(=O)O)c1OC. The number of esters is 1. The lowest BCUT2D eigenvalue weighted by Crippen LogP contribution is -2.08. The molecule has 1 rings (SSSR count). The van der Waals surface area contributed by atoms with E-state index in [1.807, 2.05) is 0 Å². The number of hydrogen-bond donors (Lipinski definition) is 1. The number of carboxylic acid groups (broad SMARTS) is 1. The first-order valence-corrected chi connectivity index (χ1v) is 4.10. The minimum Gasteiger partial charge on any atom is -0.495 e. The van der Waals surface area contributed by atoms with Gasteiger partial charge in [0.25, 0.3) is 0 Å². The molecule has 0 spiro atoms. The molecule has 0 bridgehead atoms. The second kappa shape index (κ2) is 4.45. The molecule has 0 aromatic heterocycles. The summed E-state index contributed by atoms with van der Waals surface area (Å²) in [5.74, 6) is -1.77. The summed E-state index contributed by atoms with van der Waals surface area (Å²) in [6.07, 6.45) is 0. The molecule has 0 amide bonds. The Hall–Kier alpha value is -2.04. The van der Waals surface area contributed by atoms with Crippen LogP contribution in [0.2, 0.25) is 0 Å². The molecular formula is C10H10O5. The molecule has 0 atom stereocenters. The van der Waals surface area contributed by atoms with E-state index in [0.717, 1.165) is 0 Å². The molecule has 80 valence electrons. The van der Waals surface area contributed by atoms with Crippen LogP contribution in [0.5, 0.6) is 5.75 Å². The molecule has 1 N–H and O–H groups in total. The van der Waals surface area contributed by atoms with Crippen molar-refractivity contribution in [1.82, 2.24) is 0 Å². The average molecular weight is 210 g/mol. The minimum absolute atomic E-state index is 0.0110. The molecule has 1 aromatic rings. The third-order valence-electron chi connectivity index (χ3n) is 1.85. The van der Waals surface area contributed by atoms with Crippen molar-refractivity contribution in [2.24, 2.45) is 0 Å². The monoisotopic (exact) mass is 210 g/mol. The summed E-state index contributed by atoms with van der Waals surface area (Å²) < 4.78 is 9.38. The van der Waals surface area contributed by atoms with Gasteiger partial charge < -0.3 is 14.6 Å². The van der Waals surface area contributed by atoms with Crippen LogP contribution in [0, 0.1) is 0 Å². The van der Waals surface area contributed by atoms with Crippen molar-refractivity contribution < 1.29 is 24.2 Å². The average Bonchev–Trinajstić information content (AvgIpc) is 2.26. The van der Waals surface area contributed by atoms with Crippen molar-refractivity contribution in [1.29, 1.82) is 0 Å². The topological polar surface area (TPSA) is 72.8 Å². The van der Waals surface area contributed by atoms with E-state index in [2.05, 4.69) is 4.74 Å². The maximum atomic E-state index is 11.3. The number of ether oxygens (including phenoxy) is 2. The number of methoxy groups -OCH3 is 2. The van der Waals surface area contributed by atoms with E-state index in [1.54, 1.807) is 0 Å². The van der Waals surface area contributed by atoms with Gasteiger partial charge in [-0.05, 0) is 12.1 Å². The zero-order valence-electron chi connectivity index (χ0n) is 8.31. The summed E-state index contributed by atoms with van der Waals surface area (Å²) in [6.45, 7) is 0. The van der Waals surface area contributed by atoms with Crippen LogP contribution in [0.3, 0.4) is 0 Å². The number of carboxylic acids is 1. The highest BCUT2D eigenvalue weighted by Gasteiger charge is 2.19. The molecule has 0 heterocycles. The summed E-state index contributed by atoms with van der Waals surface area (Å²) in [4.78, 5) is 22.1. The van der Waals surface area contributed by atoms with Crippen LogP contribution in [-0.4, -0.2) is 31.3 Å². The molecule has 0 aliphatic heterocycles. The van der Waals surface area contributed by atoms with Crippen LogP contribution < -0.4 is 4.74 Å². The third kappa shape index (κ3) is 2.07. The molecule has 5 heteroatoms. The van der Waals surface area contributed by atoms with Gasteiger partial charge in [0.2, 0.25) is 0 Å². The minimum atomic E-state index is -1.15. The van der Waals surface area contributed by atoms with Crippen LogP contribution in [0.4, 0.5) is 0 Å². The molecule has 0 fully saturated rings. The van der Waals surface area contributed by atoms with Gasteiger partial charge in [-0.25, -0.2) is 9.59 Å². The number of carbonyl (C=O) groups excluding carboxylic acids is 1. The van der Waals surface area contributed by atoms with Crippen molar-refractivity contribution in [3.8, 4) is 5.75 Å². The Morgan fingerprint density at radius 1 is 1.20 bits per heavy atom. The van der Waals surface area contributed by atoms with Gasteiger partial charge in [0.15, 0.2) is 0 Å². The smallest absolute Gasteiger partial charge is 0.341 e. The normalized spacial score (nSPS) is 9.47. The highest BCUT2D eigenvalue weighted by Crippen LogP contribution is 2.24. The van der Waals surface area contributed by atoms with Crippen LogP contribution in [0.1, 0.15) is 20.7 Å². The Morgan fingerprint density at radius 3 is 2.27 bits per heavy atom. The quantitative estimate of drug-likeness (QED) is 0.758. The van der Waals surface area contributed by atoms with Gasteiger partial charge >= 0.3 is 11.9 Å². The Balaban J connectivity index is 3.34. The fraction of sp³-hybridized carbons (Fsp3) is 0.200. The molecule has 0 radical (unpaired) electrons. The molecule has 0 saturated heterocycles. The second-order valence-electron chi connectivity index (χ2n) is 2.68. The number of rotatable bonds is 3. The molecule has 15 heavy (non-hydrogen) atoms. The first-order valence-electron chi connectivity index (χ1n) is 4.10. The van der Waals surface area contributed by atoms with Gasteiger partial charge in [0.1, 0.15) is 16.9 Å². The lowest BCUT2D eigenvalue weighted by atomic mass is 10.1. The van der Waals surface area contributed by atoms with Crippen LogP contribution >= 0.6 is 0 Å². The zero-order chi connectivity index (χ0) is 11.4. The number of para-hydroxylation sites is 1. The van der Waals surface area contributed by atoms with Gasteiger partial charge in [-0.1, -0.05) is 6.07 Å². The molecule has 0 saturated carbocycles. The van der Waals surface area contributed by atoms with Crippen molar-refractivity contribution in [3.63, 3.8) is 0 Å². The summed E-state index contributed by atoms with van der Waals surface area (Å²) in [6, 6.07) is 4.25. The van der Waals surface area contributed by atoms with Gasteiger partial charge in [-0.2, -0.15) is 0 Å². The Kier molecular flexibility index (Phi) is 3.28. The predicted octanol–water partition coefficient (Wildman–Crippen LogP) is 1.18. The summed E-state index contributed by atoms with van der Waals surface area (Å²) >= 11 is 0. The van der Waals surface area contributed by atoms with Gasteiger partial charge in [0.05, 0.1) is 14.2 Å². The van der Waals surface area contributed by atoms with Crippen molar-refractivity contribution in [2.75, 3.05) is 14.2 Å². The van der Waals surface area contributed by atoms with Gasteiger partial charge in [0, 0.05) is 0 Å². The molecular weight excluding hydrogens is 200 g/mol. The van der Waals surface area contributed by atoms with E-state index in [1.165, 1.54) is 32.4 Å². The van der Waals surface area contributed by atoms with Crippen molar-refractivity contribution >= 4 is 11.9 Å². The van der Waals surface area contributed by atoms with E-state index >= 15 is 0 Å². The Bertz CT molecular complexity index is 397. The molecule has 5 nitrogen and oxygen atoms in total. The Morgan fingerprint density at radius 2 is 1.80 bits per heavy atom. The molecule has 1 aromatic carbocycles. The summed E-state index contributed by atoms with van der Waals surface area (Å²) in [5, 5.41) is 8.84. The van der Waals surface area contributed by atoms with E-state index < -0.39 is 11.9 Å². The van der Waals surface area contributed by atoms with Gasteiger partial charge in [-0.15, -0.1) is 0 Å². The largest absolute Gasteiger partial charge is 0.495 e. The maximum Gasteiger partial charge on any atom is 0.341 e. The third-order valence-corrected chi connectivity index (χ3v) is 1.85. The summed E-state index contributed by atoms with van der Waals surface area (Å²) in [5.41, 5.74) is 0.0281.